The van der Waals surface area contributed by atoms with Crippen LogP contribution in [0.2, 0.25) is 0 Å². The second-order valence-electron chi connectivity index (χ2n) is 5.62. The standard InChI is InChI=1S/C13H28N2O/c1-6-11(2)12(14-5)9-15-7-8-16-13(3,4)10-15/h11-12,14H,6-10H2,1-5H3. The predicted molar refractivity (Wildman–Crippen MR) is 68.8 cm³/mol. The topological polar surface area (TPSA) is 24.5 Å². The summed E-state index contributed by atoms with van der Waals surface area (Å²) in [5.41, 5.74) is 0.0198. The number of rotatable bonds is 5. The molecular weight excluding hydrogens is 200 g/mol. The van der Waals surface area contributed by atoms with E-state index in [1.54, 1.807) is 0 Å². The fourth-order valence-electron chi connectivity index (χ4n) is 2.39. The summed E-state index contributed by atoms with van der Waals surface area (Å²) in [5.74, 6) is 0.732. The molecule has 2 unspecified atom stereocenters. The van der Waals surface area contributed by atoms with Crippen LogP contribution >= 0.6 is 0 Å². The first-order chi connectivity index (χ1) is 7.48. The van der Waals surface area contributed by atoms with Crippen LogP contribution in [-0.4, -0.2) is 49.8 Å². The maximum atomic E-state index is 5.74. The van der Waals surface area contributed by atoms with Crippen molar-refractivity contribution in [3.63, 3.8) is 0 Å². The van der Waals surface area contributed by atoms with Crippen molar-refractivity contribution in [3.05, 3.63) is 0 Å². The lowest BCUT2D eigenvalue weighted by molar-refractivity contribution is -0.0884. The van der Waals surface area contributed by atoms with E-state index in [0.29, 0.717) is 6.04 Å². The molecule has 0 amide bonds. The minimum atomic E-state index is 0.0198. The number of ether oxygens (including phenoxy) is 1. The van der Waals surface area contributed by atoms with E-state index in [4.69, 9.17) is 4.74 Å². The van der Waals surface area contributed by atoms with Crippen LogP contribution in [0.5, 0.6) is 0 Å². The van der Waals surface area contributed by atoms with Gasteiger partial charge >= 0.3 is 0 Å². The number of hydrogen-bond acceptors (Lipinski definition) is 3. The minimum Gasteiger partial charge on any atom is -0.373 e. The highest BCUT2D eigenvalue weighted by molar-refractivity contribution is 4.83. The normalized spacial score (nSPS) is 25.3. The number of nitrogens with one attached hydrogen (secondary N) is 1. The average molecular weight is 228 g/mol. The van der Waals surface area contributed by atoms with Crippen LogP contribution in [-0.2, 0) is 4.74 Å². The van der Waals surface area contributed by atoms with Gasteiger partial charge in [-0.3, -0.25) is 4.90 Å². The lowest BCUT2D eigenvalue weighted by atomic mass is 9.98. The average Bonchev–Trinajstić information content (AvgIpc) is 2.23. The minimum absolute atomic E-state index is 0.0198. The van der Waals surface area contributed by atoms with Crippen LogP contribution in [0.15, 0.2) is 0 Å². The second kappa shape index (κ2) is 5.99. The smallest absolute Gasteiger partial charge is 0.0753 e. The molecule has 1 aliphatic rings. The van der Waals surface area contributed by atoms with E-state index in [1.807, 2.05) is 0 Å². The Hall–Kier alpha value is -0.120. The van der Waals surface area contributed by atoms with Crippen LogP contribution in [0.4, 0.5) is 0 Å². The molecule has 0 aromatic heterocycles. The molecule has 0 radical (unpaired) electrons. The number of morpholine rings is 1. The van der Waals surface area contributed by atoms with Gasteiger partial charge in [-0.15, -0.1) is 0 Å². The molecule has 3 nitrogen and oxygen atoms in total. The summed E-state index contributed by atoms with van der Waals surface area (Å²) in [6.45, 7) is 13.1. The van der Waals surface area contributed by atoms with E-state index in [0.717, 1.165) is 32.2 Å². The van der Waals surface area contributed by atoms with E-state index in [-0.39, 0.29) is 5.60 Å². The van der Waals surface area contributed by atoms with Crippen molar-refractivity contribution < 1.29 is 4.74 Å². The van der Waals surface area contributed by atoms with Gasteiger partial charge in [-0.2, -0.15) is 0 Å². The summed E-state index contributed by atoms with van der Waals surface area (Å²) >= 11 is 0. The summed E-state index contributed by atoms with van der Waals surface area (Å²) in [5, 5.41) is 3.44. The SMILES string of the molecule is CCC(C)C(CN1CCOC(C)(C)C1)NC. The second-order valence-corrected chi connectivity index (χ2v) is 5.62. The number of hydrogen-bond donors (Lipinski definition) is 1. The molecule has 96 valence electrons. The van der Waals surface area contributed by atoms with E-state index in [1.165, 1.54) is 6.42 Å². The Labute approximate surface area is 101 Å². The van der Waals surface area contributed by atoms with E-state index < -0.39 is 0 Å². The molecule has 0 aliphatic carbocycles. The molecule has 2 atom stereocenters. The molecule has 1 N–H and O–H groups in total. The maximum absolute atomic E-state index is 5.74. The lowest BCUT2D eigenvalue weighted by Gasteiger charge is -2.40. The third kappa shape index (κ3) is 4.04. The van der Waals surface area contributed by atoms with E-state index in [2.05, 4.69) is 45.0 Å². The van der Waals surface area contributed by atoms with Gasteiger partial charge in [-0.05, 0) is 26.8 Å². The van der Waals surface area contributed by atoms with Crippen molar-refractivity contribution in [1.29, 1.82) is 0 Å². The zero-order valence-electron chi connectivity index (χ0n) is 11.5. The summed E-state index contributed by atoms with van der Waals surface area (Å²) < 4.78 is 5.74. The van der Waals surface area contributed by atoms with Gasteiger partial charge in [0.2, 0.25) is 0 Å². The third-order valence-electron chi connectivity index (χ3n) is 3.66. The Kier molecular flexibility index (Phi) is 5.22. The van der Waals surface area contributed by atoms with Crippen molar-refractivity contribution in [2.75, 3.05) is 33.3 Å². The number of likely N-dealkylation sites (N-methyl/N-ethyl adjacent to an activating group) is 1. The first kappa shape index (κ1) is 13.9. The Morgan fingerprint density at radius 1 is 1.44 bits per heavy atom. The van der Waals surface area contributed by atoms with Crippen LogP contribution in [0.25, 0.3) is 0 Å². The Balaban J connectivity index is 2.45. The molecule has 1 rings (SSSR count). The summed E-state index contributed by atoms with van der Waals surface area (Å²) in [6, 6.07) is 0.596. The molecule has 1 heterocycles. The van der Waals surface area contributed by atoms with Gasteiger partial charge in [-0.25, -0.2) is 0 Å². The highest BCUT2D eigenvalue weighted by atomic mass is 16.5. The maximum Gasteiger partial charge on any atom is 0.0753 e. The molecule has 1 fully saturated rings. The van der Waals surface area contributed by atoms with Gasteiger partial charge in [0, 0.05) is 25.7 Å². The van der Waals surface area contributed by atoms with Crippen LogP contribution in [0.1, 0.15) is 34.1 Å². The van der Waals surface area contributed by atoms with Gasteiger partial charge in [0.05, 0.1) is 12.2 Å². The Bertz CT molecular complexity index is 206. The molecule has 16 heavy (non-hydrogen) atoms. The molecule has 3 heteroatoms. The van der Waals surface area contributed by atoms with Crippen molar-refractivity contribution in [2.45, 2.75) is 45.8 Å². The molecule has 0 bridgehead atoms. The first-order valence-electron chi connectivity index (χ1n) is 6.52. The van der Waals surface area contributed by atoms with Gasteiger partial charge in [-0.1, -0.05) is 20.3 Å². The van der Waals surface area contributed by atoms with Gasteiger partial charge in [0.15, 0.2) is 0 Å². The van der Waals surface area contributed by atoms with Crippen molar-refractivity contribution in [1.82, 2.24) is 10.2 Å². The molecule has 0 aromatic carbocycles. The molecule has 1 aliphatic heterocycles. The van der Waals surface area contributed by atoms with E-state index in [9.17, 15) is 0 Å². The molecule has 0 aromatic rings. The highest BCUT2D eigenvalue weighted by Gasteiger charge is 2.28. The summed E-state index contributed by atoms with van der Waals surface area (Å²) in [4.78, 5) is 2.52. The zero-order valence-corrected chi connectivity index (χ0v) is 11.5. The largest absolute Gasteiger partial charge is 0.373 e. The Morgan fingerprint density at radius 2 is 2.12 bits per heavy atom. The van der Waals surface area contributed by atoms with Gasteiger partial charge in [0.25, 0.3) is 0 Å². The van der Waals surface area contributed by atoms with Crippen molar-refractivity contribution in [2.24, 2.45) is 5.92 Å². The quantitative estimate of drug-likeness (QED) is 0.775. The zero-order chi connectivity index (χ0) is 12.2. The summed E-state index contributed by atoms with van der Waals surface area (Å²) in [7, 11) is 2.07. The van der Waals surface area contributed by atoms with Crippen LogP contribution in [0.3, 0.4) is 0 Å². The first-order valence-corrected chi connectivity index (χ1v) is 6.52. The summed E-state index contributed by atoms with van der Waals surface area (Å²) in [6.07, 6.45) is 1.24. The Morgan fingerprint density at radius 3 is 2.62 bits per heavy atom. The fraction of sp³-hybridized carbons (Fsp3) is 1.00. The van der Waals surface area contributed by atoms with Crippen LogP contribution in [0, 0.1) is 5.92 Å². The van der Waals surface area contributed by atoms with Gasteiger partial charge in [0.1, 0.15) is 0 Å². The van der Waals surface area contributed by atoms with Crippen molar-refractivity contribution >= 4 is 0 Å². The van der Waals surface area contributed by atoms with Crippen molar-refractivity contribution in [3.8, 4) is 0 Å². The number of nitrogens with zero attached hydrogens (tertiary/aromatic N) is 1. The third-order valence-corrected chi connectivity index (χ3v) is 3.66. The molecule has 0 saturated carbocycles. The molecule has 0 spiro atoms. The predicted octanol–water partition coefficient (Wildman–Crippen LogP) is 1.73. The van der Waals surface area contributed by atoms with Gasteiger partial charge < -0.3 is 10.1 Å². The highest BCUT2D eigenvalue weighted by Crippen LogP contribution is 2.18. The molecular formula is C13H28N2O. The lowest BCUT2D eigenvalue weighted by Crippen LogP contribution is -2.53. The monoisotopic (exact) mass is 228 g/mol. The fourth-order valence-corrected chi connectivity index (χ4v) is 2.39. The molecule has 1 saturated heterocycles. The van der Waals surface area contributed by atoms with Crippen LogP contribution < -0.4 is 5.32 Å². The van der Waals surface area contributed by atoms with E-state index >= 15 is 0 Å².